The molecule has 0 aliphatic heterocycles. The summed E-state index contributed by atoms with van der Waals surface area (Å²) in [6.07, 6.45) is 1.41. The zero-order chi connectivity index (χ0) is 13.7. The highest BCUT2D eigenvalue weighted by Crippen LogP contribution is 2.36. The van der Waals surface area contributed by atoms with Crippen molar-refractivity contribution < 1.29 is 4.79 Å². The SMILES string of the molecule is O=C1CCc2c1[nH]c1c(Cl)cc(-c3ccccc3)cc21. The maximum Gasteiger partial charge on any atom is 0.179 e. The molecule has 3 heteroatoms. The maximum atomic E-state index is 11.8. The fraction of sp³-hybridized carbons (Fsp3) is 0.118. The first-order valence-electron chi connectivity index (χ1n) is 6.67. The molecule has 0 radical (unpaired) electrons. The monoisotopic (exact) mass is 281 g/mol. The number of hydrogen-bond donors (Lipinski definition) is 1. The molecule has 20 heavy (non-hydrogen) atoms. The van der Waals surface area contributed by atoms with E-state index in [0.29, 0.717) is 11.4 Å². The molecule has 2 nitrogen and oxygen atoms in total. The van der Waals surface area contributed by atoms with Crippen LogP contribution in [0.1, 0.15) is 22.5 Å². The minimum absolute atomic E-state index is 0.188. The fourth-order valence-electron chi connectivity index (χ4n) is 2.97. The number of hydrogen-bond acceptors (Lipinski definition) is 1. The molecule has 0 unspecified atom stereocenters. The number of carbonyl (C=O) groups is 1. The summed E-state index contributed by atoms with van der Waals surface area (Å²) < 4.78 is 0. The standard InChI is InChI=1S/C17H12ClNO/c18-14-9-11(10-4-2-1-3-5-10)8-13-12-6-7-15(20)17(12)19-16(13)14/h1-5,8-9,19H,6-7H2. The lowest BCUT2D eigenvalue weighted by Crippen LogP contribution is -1.91. The van der Waals surface area contributed by atoms with Crippen molar-refractivity contribution in [1.29, 1.82) is 0 Å². The van der Waals surface area contributed by atoms with Crippen molar-refractivity contribution in [2.75, 3.05) is 0 Å². The Morgan fingerprint density at radius 3 is 2.60 bits per heavy atom. The fourth-order valence-corrected chi connectivity index (χ4v) is 3.23. The predicted molar refractivity (Wildman–Crippen MR) is 81.4 cm³/mol. The lowest BCUT2D eigenvalue weighted by Gasteiger charge is -2.04. The van der Waals surface area contributed by atoms with E-state index in [0.717, 1.165) is 39.7 Å². The van der Waals surface area contributed by atoms with Crippen molar-refractivity contribution in [2.24, 2.45) is 0 Å². The number of aromatic nitrogens is 1. The van der Waals surface area contributed by atoms with Crippen LogP contribution >= 0.6 is 11.6 Å². The largest absolute Gasteiger partial charge is 0.351 e. The molecule has 3 aromatic rings. The number of H-pyrrole nitrogens is 1. The molecule has 2 aromatic carbocycles. The first-order chi connectivity index (χ1) is 9.74. The van der Waals surface area contributed by atoms with Crippen molar-refractivity contribution in [3.05, 3.63) is 58.7 Å². The Labute approximate surface area is 121 Å². The average Bonchev–Trinajstić information content (AvgIpc) is 3.01. The number of benzene rings is 2. The smallest absolute Gasteiger partial charge is 0.179 e. The number of ketones is 1. The van der Waals surface area contributed by atoms with E-state index in [1.165, 1.54) is 0 Å². The summed E-state index contributed by atoms with van der Waals surface area (Å²) in [7, 11) is 0. The third kappa shape index (κ3) is 1.61. The zero-order valence-electron chi connectivity index (χ0n) is 10.7. The second-order valence-electron chi connectivity index (χ2n) is 5.15. The van der Waals surface area contributed by atoms with E-state index in [2.05, 4.69) is 23.2 Å². The van der Waals surface area contributed by atoms with Gasteiger partial charge in [-0.1, -0.05) is 41.9 Å². The highest BCUT2D eigenvalue weighted by Gasteiger charge is 2.25. The minimum Gasteiger partial charge on any atom is -0.351 e. The van der Waals surface area contributed by atoms with Gasteiger partial charge in [-0.2, -0.15) is 0 Å². The molecule has 1 heterocycles. The molecule has 4 rings (SSSR count). The second-order valence-corrected chi connectivity index (χ2v) is 5.56. The molecule has 1 aromatic heterocycles. The second kappa shape index (κ2) is 4.22. The van der Waals surface area contributed by atoms with Gasteiger partial charge in [-0.3, -0.25) is 4.79 Å². The predicted octanol–water partition coefficient (Wildman–Crippen LogP) is 4.62. The molecule has 1 N–H and O–H groups in total. The van der Waals surface area contributed by atoms with Gasteiger partial charge in [-0.25, -0.2) is 0 Å². The molecule has 1 aliphatic carbocycles. The highest BCUT2D eigenvalue weighted by atomic mass is 35.5. The number of aryl methyl sites for hydroxylation is 1. The first-order valence-corrected chi connectivity index (χ1v) is 7.04. The van der Waals surface area contributed by atoms with Crippen molar-refractivity contribution in [2.45, 2.75) is 12.8 Å². The number of halogens is 1. The van der Waals surface area contributed by atoms with Gasteiger partial charge >= 0.3 is 0 Å². The van der Waals surface area contributed by atoms with E-state index in [1.807, 2.05) is 24.3 Å². The lowest BCUT2D eigenvalue weighted by molar-refractivity contribution is 0.0991. The van der Waals surface area contributed by atoms with Crippen LogP contribution in [0.2, 0.25) is 5.02 Å². The van der Waals surface area contributed by atoms with Crippen LogP contribution < -0.4 is 0 Å². The van der Waals surface area contributed by atoms with Gasteiger partial charge in [0, 0.05) is 11.8 Å². The van der Waals surface area contributed by atoms with Crippen molar-refractivity contribution in [3.8, 4) is 11.1 Å². The Morgan fingerprint density at radius 1 is 1.00 bits per heavy atom. The van der Waals surface area contributed by atoms with Gasteiger partial charge in [-0.05, 0) is 35.2 Å². The number of rotatable bonds is 1. The molecule has 0 saturated carbocycles. The molecule has 0 atom stereocenters. The van der Waals surface area contributed by atoms with Gasteiger partial charge in [-0.15, -0.1) is 0 Å². The first kappa shape index (κ1) is 11.7. The third-order valence-electron chi connectivity index (χ3n) is 3.96. The number of fused-ring (bicyclic) bond motifs is 3. The Balaban J connectivity index is 2.01. The van der Waals surface area contributed by atoms with Crippen molar-refractivity contribution in [3.63, 3.8) is 0 Å². The Bertz CT molecular complexity index is 833. The van der Waals surface area contributed by atoms with Crippen LogP contribution in [0.15, 0.2) is 42.5 Å². The van der Waals surface area contributed by atoms with Crippen molar-refractivity contribution in [1.82, 2.24) is 4.98 Å². The summed E-state index contributed by atoms with van der Waals surface area (Å²) in [6.45, 7) is 0. The van der Waals surface area contributed by atoms with E-state index >= 15 is 0 Å². The molecule has 0 fully saturated rings. The van der Waals surface area contributed by atoms with E-state index in [1.54, 1.807) is 0 Å². The summed E-state index contributed by atoms with van der Waals surface area (Å²) in [5.41, 5.74) is 4.96. The lowest BCUT2D eigenvalue weighted by atomic mass is 10.0. The van der Waals surface area contributed by atoms with Crippen LogP contribution in [0.4, 0.5) is 0 Å². The third-order valence-corrected chi connectivity index (χ3v) is 4.25. The summed E-state index contributed by atoms with van der Waals surface area (Å²) >= 11 is 6.38. The van der Waals surface area contributed by atoms with E-state index in [9.17, 15) is 4.79 Å². The maximum absolute atomic E-state index is 11.8. The summed E-state index contributed by atoms with van der Waals surface area (Å²) in [5.74, 6) is 0.188. The van der Waals surface area contributed by atoms with Crippen molar-refractivity contribution >= 4 is 28.3 Å². The average molecular weight is 282 g/mol. The van der Waals surface area contributed by atoms with Gasteiger partial charge in [0.05, 0.1) is 16.2 Å². The van der Waals surface area contributed by atoms with Gasteiger partial charge in [0.2, 0.25) is 0 Å². The molecular formula is C17H12ClNO. The number of Topliss-reactive ketones (excluding diaryl/α,β-unsaturated/α-hetero) is 1. The topological polar surface area (TPSA) is 32.9 Å². The van der Waals surface area contributed by atoms with E-state index in [4.69, 9.17) is 11.6 Å². The molecular weight excluding hydrogens is 270 g/mol. The van der Waals surface area contributed by atoms with E-state index < -0.39 is 0 Å². The zero-order valence-corrected chi connectivity index (χ0v) is 11.5. The van der Waals surface area contributed by atoms with Gasteiger partial charge in [0.25, 0.3) is 0 Å². The molecule has 0 spiro atoms. The number of nitrogens with one attached hydrogen (secondary N) is 1. The molecule has 1 aliphatic rings. The summed E-state index contributed by atoms with van der Waals surface area (Å²) in [5, 5.41) is 1.75. The summed E-state index contributed by atoms with van der Waals surface area (Å²) in [4.78, 5) is 15.0. The van der Waals surface area contributed by atoms with Gasteiger partial charge in [0.1, 0.15) is 0 Å². The number of carbonyl (C=O) groups excluding carboxylic acids is 1. The van der Waals surface area contributed by atoms with Crippen LogP contribution in [0.25, 0.3) is 22.0 Å². The summed E-state index contributed by atoms with van der Waals surface area (Å²) in [6, 6.07) is 14.2. The van der Waals surface area contributed by atoms with Crippen LogP contribution in [0.5, 0.6) is 0 Å². The molecule has 0 saturated heterocycles. The Morgan fingerprint density at radius 2 is 1.80 bits per heavy atom. The minimum atomic E-state index is 0.188. The molecule has 0 bridgehead atoms. The van der Waals surface area contributed by atoms with Crippen LogP contribution in [0.3, 0.4) is 0 Å². The van der Waals surface area contributed by atoms with Gasteiger partial charge < -0.3 is 4.98 Å². The highest BCUT2D eigenvalue weighted by molar-refractivity contribution is 6.36. The Kier molecular flexibility index (Phi) is 2.48. The van der Waals surface area contributed by atoms with E-state index in [-0.39, 0.29) is 5.78 Å². The molecule has 0 amide bonds. The quantitative estimate of drug-likeness (QED) is 0.694. The number of aromatic amines is 1. The van der Waals surface area contributed by atoms with Crippen LogP contribution in [-0.4, -0.2) is 10.8 Å². The van der Waals surface area contributed by atoms with Crippen LogP contribution in [-0.2, 0) is 6.42 Å². The normalized spacial score (nSPS) is 13.9. The van der Waals surface area contributed by atoms with Crippen LogP contribution in [0, 0.1) is 0 Å². The van der Waals surface area contributed by atoms with Gasteiger partial charge in [0.15, 0.2) is 5.78 Å². The Hall–Kier alpha value is -2.06. The molecule has 98 valence electrons.